The summed E-state index contributed by atoms with van der Waals surface area (Å²) in [4.78, 5) is 11.5. The maximum atomic E-state index is 11.5. The quantitative estimate of drug-likeness (QED) is 0.512. The minimum atomic E-state index is -0.138. The van der Waals surface area contributed by atoms with Gasteiger partial charge < -0.3 is 10.1 Å². The third kappa shape index (κ3) is 3.48. The Morgan fingerprint density at radius 3 is 2.82 bits per heavy atom. The Kier molecular flexibility index (Phi) is 4.42. The zero-order valence-corrected chi connectivity index (χ0v) is 12.8. The molecule has 0 fully saturated rings. The second-order valence-electron chi connectivity index (χ2n) is 5.85. The molecule has 3 rings (SSSR count). The van der Waals surface area contributed by atoms with Gasteiger partial charge in [-0.25, -0.2) is 0 Å². The number of carbonyl (C=O) groups excluding carboxylic acids is 1. The Morgan fingerprint density at radius 1 is 1.18 bits per heavy atom. The van der Waals surface area contributed by atoms with Crippen molar-refractivity contribution >= 4 is 11.7 Å². The molecule has 0 aromatic heterocycles. The van der Waals surface area contributed by atoms with Crippen molar-refractivity contribution in [3.8, 4) is 5.75 Å². The number of anilines is 1. The van der Waals surface area contributed by atoms with Crippen LogP contribution in [0, 0.1) is 0 Å². The second kappa shape index (κ2) is 6.65. The van der Waals surface area contributed by atoms with E-state index < -0.39 is 0 Å². The molecule has 0 spiro atoms. The molecule has 3 nitrogen and oxygen atoms in total. The third-order valence-corrected chi connectivity index (χ3v) is 4.06. The number of nitrogens with one attached hydrogen (secondary N) is 1. The summed E-state index contributed by atoms with van der Waals surface area (Å²) in [5, 5.41) is 3.40. The molecule has 114 valence electrons. The van der Waals surface area contributed by atoms with E-state index in [1.165, 1.54) is 5.56 Å². The largest absolute Gasteiger partial charge is 0.426 e. The Hall–Kier alpha value is -2.29. The maximum Gasteiger partial charge on any atom is 0.311 e. The van der Waals surface area contributed by atoms with E-state index >= 15 is 0 Å². The van der Waals surface area contributed by atoms with E-state index in [1.807, 2.05) is 12.1 Å². The Balaban J connectivity index is 1.55. The summed E-state index contributed by atoms with van der Waals surface area (Å²) in [5.41, 5.74) is 3.49. The van der Waals surface area contributed by atoms with Crippen molar-refractivity contribution in [2.24, 2.45) is 0 Å². The van der Waals surface area contributed by atoms with E-state index in [0.29, 0.717) is 12.2 Å². The van der Waals surface area contributed by atoms with Crippen LogP contribution in [0.4, 0.5) is 5.69 Å². The van der Waals surface area contributed by atoms with Crippen LogP contribution in [0.1, 0.15) is 36.8 Å². The zero-order valence-electron chi connectivity index (χ0n) is 12.8. The van der Waals surface area contributed by atoms with Crippen molar-refractivity contribution in [1.29, 1.82) is 0 Å². The highest BCUT2D eigenvalue weighted by Crippen LogP contribution is 2.35. The number of aryl methyl sites for hydroxylation is 1. The lowest BCUT2D eigenvalue weighted by atomic mass is 9.94. The molecular weight excluding hydrogens is 274 g/mol. The van der Waals surface area contributed by atoms with Crippen LogP contribution in [0.15, 0.2) is 48.5 Å². The van der Waals surface area contributed by atoms with Crippen LogP contribution in [0.2, 0.25) is 0 Å². The van der Waals surface area contributed by atoms with Crippen LogP contribution in [0.5, 0.6) is 5.75 Å². The number of benzene rings is 2. The summed E-state index contributed by atoms with van der Waals surface area (Å²) in [6.07, 6.45) is 2.60. The molecule has 0 radical (unpaired) electrons. The van der Waals surface area contributed by atoms with Crippen LogP contribution < -0.4 is 10.1 Å². The molecule has 1 aliphatic heterocycles. The van der Waals surface area contributed by atoms with Gasteiger partial charge in [0, 0.05) is 18.3 Å². The van der Waals surface area contributed by atoms with Gasteiger partial charge >= 0.3 is 5.97 Å². The van der Waals surface area contributed by atoms with Crippen LogP contribution in [-0.4, -0.2) is 12.5 Å². The number of rotatable bonds is 5. The van der Waals surface area contributed by atoms with Crippen LogP contribution >= 0.6 is 0 Å². The zero-order chi connectivity index (χ0) is 15.4. The molecule has 2 aromatic carbocycles. The lowest BCUT2D eigenvalue weighted by Gasteiger charge is -2.22. The number of hydrogen-bond donors (Lipinski definition) is 1. The second-order valence-corrected chi connectivity index (χ2v) is 5.85. The molecule has 0 amide bonds. The molecule has 3 heteroatoms. The topological polar surface area (TPSA) is 38.3 Å². The number of ether oxygens (including phenoxy) is 1. The average Bonchev–Trinajstić information content (AvgIpc) is 2.52. The Bertz CT molecular complexity index is 652. The highest BCUT2D eigenvalue weighted by atomic mass is 16.5. The number of carbonyl (C=O) groups is 1. The lowest BCUT2D eigenvalue weighted by molar-refractivity contribution is -0.135. The summed E-state index contributed by atoms with van der Waals surface area (Å²) < 4.78 is 5.34. The van der Waals surface area contributed by atoms with Gasteiger partial charge in [0.15, 0.2) is 0 Å². The fraction of sp³-hybridized carbons (Fsp3) is 0.316. The lowest BCUT2D eigenvalue weighted by Crippen LogP contribution is -2.18. The van der Waals surface area contributed by atoms with Gasteiger partial charge in [0.1, 0.15) is 5.75 Å². The summed E-state index contributed by atoms with van der Waals surface area (Å²) in [7, 11) is 0. The highest BCUT2D eigenvalue weighted by Gasteiger charge is 2.23. The number of esters is 1. The van der Waals surface area contributed by atoms with Gasteiger partial charge in [0.05, 0.1) is 6.42 Å². The first kappa shape index (κ1) is 14.6. The van der Waals surface area contributed by atoms with Crippen molar-refractivity contribution in [2.75, 3.05) is 11.9 Å². The van der Waals surface area contributed by atoms with E-state index in [9.17, 15) is 4.79 Å². The predicted molar refractivity (Wildman–Crippen MR) is 88.4 cm³/mol. The van der Waals surface area contributed by atoms with Crippen LogP contribution in [-0.2, 0) is 11.2 Å². The van der Waals surface area contributed by atoms with E-state index in [-0.39, 0.29) is 11.9 Å². The van der Waals surface area contributed by atoms with Gasteiger partial charge in [-0.15, -0.1) is 0 Å². The van der Waals surface area contributed by atoms with Crippen LogP contribution in [0.3, 0.4) is 0 Å². The van der Waals surface area contributed by atoms with E-state index in [1.54, 1.807) is 0 Å². The Labute approximate surface area is 131 Å². The SMILES string of the molecule is CC1CC(=O)Oc2cc(NCCCc3ccccc3)ccc21. The smallest absolute Gasteiger partial charge is 0.311 e. The predicted octanol–water partition coefficient (Wildman–Crippen LogP) is 4.14. The van der Waals surface area contributed by atoms with E-state index in [2.05, 4.69) is 48.6 Å². The molecule has 22 heavy (non-hydrogen) atoms. The minimum Gasteiger partial charge on any atom is -0.426 e. The third-order valence-electron chi connectivity index (χ3n) is 4.06. The molecule has 1 atom stereocenters. The van der Waals surface area contributed by atoms with Crippen LogP contribution in [0.25, 0.3) is 0 Å². The first-order valence-electron chi connectivity index (χ1n) is 7.85. The van der Waals surface area contributed by atoms with E-state index in [0.717, 1.165) is 30.6 Å². The molecule has 1 N–H and O–H groups in total. The van der Waals surface area contributed by atoms with Gasteiger partial charge in [-0.05, 0) is 36.0 Å². The number of hydrogen-bond acceptors (Lipinski definition) is 3. The van der Waals surface area contributed by atoms with Crippen molar-refractivity contribution in [3.63, 3.8) is 0 Å². The molecule has 1 heterocycles. The van der Waals surface area contributed by atoms with Gasteiger partial charge in [-0.1, -0.05) is 43.3 Å². The van der Waals surface area contributed by atoms with Crippen molar-refractivity contribution < 1.29 is 9.53 Å². The summed E-state index contributed by atoms with van der Waals surface area (Å²) in [5.74, 6) is 0.807. The van der Waals surface area contributed by atoms with Gasteiger partial charge in [0.2, 0.25) is 0 Å². The summed E-state index contributed by atoms with van der Waals surface area (Å²) >= 11 is 0. The van der Waals surface area contributed by atoms with Crippen molar-refractivity contribution in [1.82, 2.24) is 0 Å². The normalized spacial score (nSPS) is 16.8. The molecule has 1 unspecified atom stereocenters. The molecule has 0 aliphatic carbocycles. The fourth-order valence-electron chi connectivity index (χ4n) is 2.83. The van der Waals surface area contributed by atoms with Crippen molar-refractivity contribution in [3.05, 3.63) is 59.7 Å². The maximum absolute atomic E-state index is 11.5. The summed E-state index contributed by atoms with van der Waals surface area (Å²) in [6, 6.07) is 16.6. The fourth-order valence-corrected chi connectivity index (χ4v) is 2.83. The molecular formula is C19H21NO2. The standard InChI is InChI=1S/C19H21NO2/c1-14-12-19(21)22-18-13-16(9-10-17(14)18)20-11-5-8-15-6-3-2-4-7-15/h2-4,6-7,9-10,13-14,20H,5,8,11-12H2,1H3. The minimum absolute atomic E-state index is 0.138. The van der Waals surface area contributed by atoms with Gasteiger partial charge in [0.25, 0.3) is 0 Å². The molecule has 0 bridgehead atoms. The van der Waals surface area contributed by atoms with Gasteiger partial charge in [-0.2, -0.15) is 0 Å². The molecule has 0 saturated carbocycles. The Morgan fingerprint density at radius 2 is 2.00 bits per heavy atom. The first-order valence-corrected chi connectivity index (χ1v) is 7.85. The van der Waals surface area contributed by atoms with E-state index in [4.69, 9.17) is 4.74 Å². The number of fused-ring (bicyclic) bond motifs is 1. The highest BCUT2D eigenvalue weighted by molar-refractivity contribution is 5.77. The molecule has 2 aromatic rings. The summed E-state index contributed by atoms with van der Waals surface area (Å²) in [6.45, 7) is 2.96. The van der Waals surface area contributed by atoms with Gasteiger partial charge in [-0.3, -0.25) is 4.79 Å². The monoisotopic (exact) mass is 295 g/mol. The first-order chi connectivity index (χ1) is 10.7. The van der Waals surface area contributed by atoms with Crippen molar-refractivity contribution in [2.45, 2.75) is 32.1 Å². The molecule has 0 saturated heterocycles. The average molecular weight is 295 g/mol. The molecule has 1 aliphatic rings.